The number of nitrogens with zero attached hydrogens (tertiary/aromatic N) is 5. The van der Waals surface area contributed by atoms with Crippen LogP contribution < -0.4 is 4.90 Å². The van der Waals surface area contributed by atoms with E-state index >= 15 is 0 Å². The van der Waals surface area contributed by atoms with Crippen LogP contribution in [0.2, 0.25) is 0 Å². The van der Waals surface area contributed by atoms with E-state index in [-0.39, 0.29) is 17.3 Å². The lowest BCUT2D eigenvalue weighted by Crippen LogP contribution is -2.49. The summed E-state index contributed by atoms with van der Waals surface area (Å²) >= 11 is 0. The Balaban J connectivity index is 1.51. The van der Waals surface area contributed by atoms with Gasteiger partial charge in [0.2, 0.25) is 0 Å². The fourth-order valence-electron chi connectivity index (χ4n) is 3.91. The second-order valence-corrected chi connectivity index (χ2v) is 7.27. The number of nitriles is 1. The number of piperazine rings is 1. The minimum atomic E-state index is -0.542. The topological polar surface area (TPSA) is 65.2 Å². The van der Waals surface area contributed by atoms with Crippen LogP contribution in [0.1, 0.15) is 28.5 Å². The zero-order chi connectivity index (χ0) is 22.0. The minimum Gasteiger partial charge on any atom is -0.367 e. The van der Waals surface area contributed by atoms with Gasteiger partial charge in [0.15, 0.2) is 0 Å². The first-order valence-electron chi connectivity index (χ1n) is 10.1. The molecule has 0 radical (unpaired) electrons. The fraction of sp³-hybridized carbons (Fsp3) is 0.261. The summed E-state index contributed by atoms with van der Waals surface area (Å²) in [6, 6.07) is 12.5. The van der Waals surface area contributed by atoms with E-state index in [1.807, 2.05) is 17.9 Å². The van der Waals surface area contributed by atoms with Crippen LogP contribution in [0.4, 0.5) is 14.5 Å². The molecule has 0 bridgehead atoms. The van der Waals surface area contributed by atoms with E-state index < -0.39 is 5.82 Å². The van der Waals surface area contributed by atoms with E-state index in [9.17, 15) is 18.8 Å². The molecule has 3 aromatic rings. The molecule has 1 fully saturated rings. The van der Waals surface area contributed by atoms with Gasteiger partial charge in [-0.25, -0.2) is 13.5 Å². The van der Waals surface area contributed by atoms with Gasteiger partial charge in [-0.15, -0.1) is 0 Å². The molecule has 2 aromatic carbocycles. The molecule has 0 aliphatic carbocycles. The zero-order valence-corrected chi connectivity index (χ0v) is 17.1. The molecule has 31 heavy (non-hydrogen) atoms. The van der Waals surface area contributed by atoms with Crippen LogP contribution in [0, 0.1) is 23.0 Å². The lowest BCUT2D eigenvalue weighted by atomic mass is 10.1. The molecule has 1 amide bonds. The van der Waals surface area contributed by atoms with Crippen molar-refractivity contribution in [3.8, 4) is 11.8 Å². The monoisotopic (exact) mass is 421 g/mol. The molecule has 1 aromatic heterocycles. The van der Waals surface area contributed by atoms with Crippen LogP contribution in [-0.2, 0) is 6.42 Å². The van der Waals surface area contributed by atoms with Gasteiger partial charge in [-0.2, -0.15) is 10.4 Å². The molecule has 0 unspecified atom stereocenters. The molecule has 158 valence electrons. The zero-order valence-electron chi connectivity index (χ0n) is 17.1. The van der Waals surface area contributed by atoms with Crippen molar-refractivity contribution >= 4 is 11.6 Å². The molecule has 8 heteroatoms. The number of rotatable bonds is 4. The van der Waals surface area contributed by atoms with Crippen molar-refractivity contribution in [3.63, 3.8) is 0 Å². The smallest absolute Gasteiger partial charge is 0.257 e. The van der Waals surface area contributed by atoms with Crippen molar-refractivity contribution in [2.75, 3.05) is 31.1 Å². The number of anilines is 1. The van der Waals surface area contributed by atoms with E-state index in [0.29, 0.717) is 49.5 Å². The van der Waals surface area contributed by atoms with E-state index in [1.54, 1.807) is 40.0 Å². The molecule has 4 rings (SSSR count). The summed E-state index contributed by atoms with van der Waals surface area (Å²) in [5.74, 6) is -0.995. The Morgan fingerprint density at radius 1 is 1.10 bits per heavy atom. The Kier molecular flexibility index (Phi) is 5.67. The summed E-state index contributed by atoms with van der Waals surface area (Å²) in [4.78, 5) is 16.8. The van der Waals surface area contributed by atoms with E-state index in [0.717, 1.165) is 5.69 Å². The number of aromatic nitrogens is 2. The highest BCUT2D eigenvalue weighted by molar-refractivity contribution is 5.95. The highest BCUT2D eigenvalue weighted by Crippen LogP contribution is 2.25. The SMILES string of the molecule is CCc1c(C(=O)N2CCN(c3cccc(F)c3C#N)CC2)cnn1-c1ccc(F)cc1. The Hall–Kier alpha value is -3.73. The third kappa shape index (κ3) is 3.87. The van der Waals surface area contributed by atoms with Gasteiger partial charge < -0.3 is 9.80 Å². The normalized spacial score (nSPS) is 13.9. The number of carbonyl (C=O) groups excluding carboxylic acids is 1. The molecule has 0 N–H and O–H groups in total. The van der Waals surface area contributed by atoms with Gasteiger partial charge in [0, 0.05) is 26.2 Å². The molecule has 1 saturated heterocycles. The van der Waals surface area contributed by atoms with Gasteiger partial charge in [0.05, 0.1) is 28.8 Å². The number of hydrogen-bond donors (Lipinski definition) is 0. The van der Waals surface area contributed by atoms with Crippen molar-refractivity contribution in [1.29, 1.82) is 5.26 Å². The second kappa shape index (κ2) is 8.56. The average molecular weight is 421 g/mol. The van der Waals surface area contributed by atoms with Crippen LogP contribution >= 0.6 is 0 Å². The van der Waals surface area contributed by atoms with E-state index in [1.165, 1.54) is 18.2 Å². The predicted octanol–water partition coefficient (Wildman–Crippen LogP) is 3.55. The highest BCUT2D eigenvalue weighted by Gasteiger charge is 2.27. The number of amides is 1. The number of carbonyl (C=O) groups is 1. The second-order valence-electron chi connectivity index (χ2n) is 7.27. The molecule has 6 nitrogen and oxygen atoms in total. The number of hydrogen-bond acceptors (Lipinski definition) is 4. The van der Waals surface area contributed by atoms with Gasteiger partial charge in [-0.05, 0) is 42.8 Å². The van der Waals surface area contributed by atoms with Gasteiger partial charge in [-0.1, -0.05) is 13.0 Å². The average Bonchev–Trinajstić information content (AvgIpc) is 3.23. The van der Waals surface area contributed by atoms with Crippen LogP contribution in [0.5, 0.6) is 0 Å². The highest BCUT2D eigenvalue weighted by atomic mass is 19.1. The third-order valence-corrected chi connectivity index (χ3v) is 5.52. The quantitative estimate of drug-likeness (QED) is 0.646. The van der Waals surface area contributed by atoms with Crippen molar-refractivity contribution in [2.24, 2.45) is 0 Å². The molecule has 0 atom stereocenters. The minimum absolute atomic E-state index is 0.0242. The van der Waals surface area contributed by atoms with Crippen molar-refractivity contribution < 1.29 is 13.6 Å². The maximum absolute atomic E-state index is 13.9. The molecule has 0 saturated carbocycles. The molecule has 1 aliphatic rings. The summed E-state index contributed by atoms with van der Waals surface area (Å²) in [5, 5.41) is 13.6. The molecule has 0 spiro atoms. The lowest BCUT2D eigenvalue weighted by molar-refractivity contribution is 0.0745. The Morgan fingerprint density at radius 3 is 2.45 bits per heavy atom. The first-order valence-corrected chi connectivity index (χ1v) is 10.1. The number of halogens is 2. The maximum Gasteiger partial charge on any atom is 0.257 e. The van der Waals surface area contributed by atoms with Crippen molar-refractivity contribution in [1.82, 2.24) is 14.7 Å². The van der Waals surface area contributed by atoms with Gasteiger partial charge in [0.25, 0.3) is 5.91 Å². The Morgan fingerprint density at radius 2 is 1.81 bits per heavy atom. The fourth-order valence-corrected chi connectivity index (χ4v) is 3.91. The first kappa shape index (κ1) is 20.5. The molecule has 1 aliphatic heterocycles. The maximum atomic E-state index is 13.9. The molecular weight excluding hydrogens is 400 g/mol. The Bertz CT molecular complexity index is 1140. The third-order valence-electron chi connectivity index (χ3n) is 5.52. The molecule has 2 heterocycles. The summed E-state index contributed by atoms with van der Waals surface area (Å²) in [6.45, 7) is 3.84. The van der Waals surface area contributed by atoms with Crippen LogP contribution in [0.25, 0.3) is 5.69 Å². The summed E-state index contributed by atoms with van der Waals surface area (Å²) < 4.78 is 28.8. The lowest BCUT2D eigenvalue weighted by Gasteiger charge is -2.36. The first-order chi connectivity index (χ1) is 15.0. The van der Waals surface area contributed by atoms with Crippen molar-refractivity contribution in [2.45, 2.75) is 13.3 Å². The van der Waals surface area contributed by atoms with Crippen molar-refractivity contribution in [3.05, 3.63) is 77.1 Å². The predicted molar refractivity (Wildman–Crippen MR) is 112 cm³/mol. The number of benzene rings is 2. The van der Waals surface area contributed by atoms with E-state index in [2.05, 4.69) is 5.10 Å². The van der Waals surface area contributed by atoms with E-state index in [4.69, 9.17) is 0 Å². The summed E-state index contributed by atoms with van der Waals surface area (Å²) in [7, 11) is 0. The van der Waals surface area contributed by atoms with Gasteiger partial charge >= 0.3 is 0 Å². The van der Waals surface area contributed by atoms with Crippen LogP contribution in [0.3, 0.4) is 0 Å². The standard InChI is InChI=1S/C23H21F2N5O/c1-2-21-19(15-27-30(21)17-8-6-16(24)7-9-17)23(31)29-12-10-28(11-13-29)22-5-3-4-20(25)18(22)14-26/h3-9,15H,2,10-13H2,1H3. The van der Waals surface area contributed by atoms with Gasteiger partial charge in [0.1, 0.15) is 23.3 Å². The molecular formula is C23H21F2N5O. The van der Waals surface area contributed by atoms with Crippen LogP contribution in [0.15, 0.2) is 48.7 Å². The van der Waals surface area contributed by atoms with Crippen LogP contribution in [-0.4, -0.2) is 46.8 Å². The largest absolute Gasteiger partial charge is 0.367 e. The summed E-state index contributed by atoms with van der Waals surface area (Å²) in [5.41, 5.74) is 2.54. The summed E-state index contributed by atoms with van der Waals surface area (Å²) in [6.07, 6.45) is 2.14. The Labute approximate surface area is 178 Å². The van der Waals surface area contributed by atoms with Gasteiger partial charge in [-0.3, -0.25) is 4.79 Å².